The number of hydrogen-bond donors (Lipinski definition) is 0. The Kier molecular flexibility index (Phi) is 4.13. The largest absolute Gasteiger partial charge is 0.317 e. The second-order valence-corrected chi connectivity index (χ2v) is 6.14. The average molecular weight is 335 g/mol. The Morgan fingerprint density at radius 3 is 2.86 bits per heavy atom. The first-order valence-corrected chi connectivity index (χ1v) is 8.23. The lowest BCUT2D eigenvalue weighted by Gasteiger charge is -2.01. The van der Waals surface area contributed by atoms with Gasteiger partial charge in [0.15, 0.2) is 4.80 Å². The van der Waals surface area contributed by atoms with Crippen molar-refractivity contribution in [3.05, 3.63) is 46.0 Å². The topological polar surface area (TPSA) is 52.2 Å². The van der Waals surface area contributed by atoms with Gasteiger partial charge >= 0.3 is 0 Å². The van der Waals surface area contributed by atoms with Gasteiger partial charge in [0, 0.05) is 24.3 Å². The van der Waals surface area contributed by atoms with Gasteiger partial charge in [-0.05, 0) is 38.1 Å². The summed E-state index contributed by atoms with van der Waals surface area (Å²) in [5.74, 6) is -0.279. The summed E-state index contributed by atoms with van der Waals surface area (Å²) in [4.78, 5) is 17.4. The molecule has 0 saturated carbocycles. The van der Waals surface area contributed by atoms with Crippen molar-refractivity contribution in [2.45, 2.75) is 26.9 Å². The molecule has 0 bridgehead atoms. The second kappa shape index (κ2) is 6.06. The van der Waals surface area contributed by atoms with Crippen LogP contribution in [0.3, 0.4) is 0 Å². The number of aromatic nitrogens is 3. The van der Waals surface area contributed by atoms with Gasteiger partial charge in [-0.25, -0.2) is 0 Å². The third kappa shape index (κ3) is 2.60. The van der Waals surface area contributed by atoms with E-state index in [1.807, 2.05) is 36.6 Å². The lowest BCUT2D eigenvalue weighted by Crippen LogP contribution is -2.17. The van der Waals surface area contributed by atoms with E-state index in [4.69, 9.17) is 11.6 Å². The predicted molar refractivity (Wildman–Crippen MR) is 88.3 cm³/mol. The molecular weight excluding hydrogens is 320 g/mol. The van der Waals surface area contributed by atoms with Crippen LogP contribution in [0.2, 0.25) is 5.02 Å². The molecule has 114 valence electrons. The highest BCUT2D eigenvalue weighted by molar-refractivity contribution is 7.16. The molecule has 2 heterocycles. The van der Waals surface area contributed by atoms with Crippen LogP contribution >= 0.6 is 22.9 Å². The average Bonchev–Trinajstić information content (AvgIpc) is 3.09. The lowest BCUT2D eigenvalue weighted by molar-refractivity contribution is 0.0987. The number of halogens is 1. The molecule has 0 aliphatic rings. The number of hydrogen-bond acceptors (Lipinski definition) is 3. The smallest absolute Gasteiger partial charge is 0.297 e. The zero-order valence-corrected chi connectivity index (χ0v) is 13.9. The number of thiazole rings is 1. The molecule has 7 heteroatoms. The maximum absolute atomic E-state index is 12.4. The molecule has 5 nitrogen and oxygen atoms in total. The van der Waals surface area contributed by atoms with E-state index in [1.165, 1.54) is 11.3 Å². The quantitative estimate of drug-likeness (QED) is 0.737. The number of carbonyl (C=O) groups excluding carboxylic acids is 1. The highest BCUT2D eigenvalue weighted by Crippen LogP contribution is 2.21. The van der Waals surface area contributed by atoms with Crippen molar-refractivity contribution >= 4 is 39.1 Å². The first-order chi connectivity index (χ1) is 10.6. The van der Waals surface area contributed by atoms with Crippen LogP contribution in [0.5, 0.6) is 0 Å². The molecule has 2 aromatic heterocycles. The summed E-state index contributed by atoms with van der Waals surface area (Å²) < 4.78 is 4.68. The van der Waals surface area contributed by atoms with Crippen molar-refractivity contribution in [2.24, 2.45) is 4.99 Å². The number of rotatable bonds is 3. The van der Waals surface area contributed by atoms with E-state index in [0.717, 1.165) is 16.8 Å². The van der Waals surface area contributed by atoms with E-state index in [-0.39, 0.29) is 5.91 Å². The molecule has 3 rings (SSSR count). The first kappa shape index (κ1) is 15.0. The van der Waals surface area contributed by atoms with Gasteiger partial charge in [-0.3, -0.25) is 9.48 Å². The van der Waals surface area contributed by atoms with Gasteiger partial charge in [-0.1, -0.05) is 22.9 Å². The van der Waals surface area contributed by atoms with Crippen LogP contribution in [0.4, 0.5) is 0 Å². The van der Waals surface area contributed by atoms with Crippen LogP contribution < -0.4 is 4.80 Å². The molecule has 0 aliphatic carbocycles. The van der Waals surface area contributed by atoms with Crippen LogP contribution in [0, 0.1) is 0 Å². The molecule has 0 saturated heterocycles. The van der Waals surface area contributed by atoms with E-state index in [2.05, 4.69) is 10.1 Å². The third-order valence-corrected chi connectivity index (χ3v) is 4.67. The van der Waals surface area contributed by atoms with Gasteiger partial charge in [0.1, 0.15) is 5.69 Å². The molecule has 3 aromatic rings. The molecule has 0 N–H and O–H groups in total. The van der Waals surface area contributed by atoms with E-state index >= 15 is 0 Å². The number of nitrogens with zero attached hydrogens (tertiary/aromatic N) is 4. The third-order valence-electron chi connectivity index (χ3n) is 3.39. The van der Waals surface area contributed by atoms with E-state index in [0.29, 0.717) is 22.1 Å². The van der Waals surface area contributed by atoms with Crippen molar-refractivity contribution in [1.29, 1.82) is 0 Å². The number of carbonyl (C=O) groups is 1. The van der Waals surface area contributed by atoms with Crippen molar-refractivity contribution < 1.29 is 4.79 Å². The van der Waals surface area contributed by atoms with Crippen LogP contribution in [-0.4, -0.2) is 20.3 Å². The Hall–Kier alpha value is -1.92. The second-order valence-electron chi connectivity index (χ2n) is 4.69. The fourth-order valence-electron chi connectivity index (χ4n) is 2.35. The zero-order valence-electron chi connectivity index (χ0n) is 12.3. The highest BCUT2D eigenvalue weighted by Gasteiger charge is 2.12. The van der Waals surface area contributed by atoms with Crippen molar-refractivity contribution in [3.63, 3.8) is 0 Å². The summed E-state index contributed by atoms with van der Waals surface area (Å²) >= 11 is 7.50. The number of amides is 1. The predicted octanol–water partition coefficient (Wildman–Crippen LogP) is 3.33. The minimum atomic E-state index is -0.279. The number of fused-ring (bicyclic) bond motifs is 1. The SMILES string of the molecule is CCn1nccc1C(=O)N=c1sc2cc(Cl)ccc2n1CC. The van der Waals surface area contributed by atoms with Gasteiger partial charge in [-0.2, -0.15) is 10.1 Å². The Morgan fingerprint density at radius 2 is 2.14 bits per heavy atom. The molecule has 0 fully saturated rings. The summed E-state index contributed by atoms with van der Waals surface area (Å²) in [6, 6.07) is 7.39. The van der Waals surface area contributed by atoms with Crippen molar-refractivity contribution in [2.75, 3.05) is 0 Å². The van der Waals surface area contributed by atoms with Gasteiger partial charge in [-0.15, -0.1) is 0 Å². The minimum Gasteiger partial charge on any atom is -0.317 e. The number of aryl methyl sites for hydroxylation is 2. The summed E-state index contributed by atoms with van der Waals surface area (Å²) in [6.07, 6.45) is 1.62. The molecule has 1 aromatic carbocycles. The Morgan fingerprint density at radius 1 is 1.32 bits per heavy atom. The van der Waals surface area contributed by atoms with Gasteiger partial charge in [0.2, 0.25) is 0 Å². The summed E-state index contributed by atoms with van der Waals surface area (Å²) in [5.41, 5.74) is 1.54. The fraction of sp³-hybridized carbons (Fsp3) is 0.267. The first-order valence-electron chi connectivity index (χ1n) is 7.03. The Balaban J connectivity index is 2.14. The van der Waals surface area contributed by atoms with Crippen LogP contribution in [0.15, 0.2) is 35.5 Å². The fourth-order valence-corrected chi connectivity index (χ4v) is 3.72. The maximum atomic E-state index is 12.4. The van der Waals surface area contributed by atoms with Crippen molar-refractivity contribution in [1.82, 2.24) is 14.3 Å². The minimum absolute atomic E-state index is 0.279. The van der Waals surface area contributed by atoms with Gasteiger partial charge in [0.05, 0.1) is 10.2 Å². The molecule has 0 unspecified atom stereocenters. The van der Waals surface area contributed by atoms with E-state index < -0.39 is 0 Å². The molecule has 0 aliphatic heterocycles. The Labute approximate surface area is 136 Å². The lowest BCUT2D eigenvalue weighted by atomic mass is 10.3. The van der Waals surface area contributed by atoms with Crippen molar-refractivity contribution in [3.8, 4) is 0 Å². The number of benzene rings is 1. The highest BCUT2D eigenvalue weighted by atomic mass is 35.5. The van der Waals surface area contributed by atoms with Gasteiger partial charge < -0.3 is 4.57 Å². The van der Waals surface area contributed by atoms with Crippen LogP contribution in [0.25, 0.3) is 10.2 Å². The van der Waals surface area contributed by atoms with E-state index in [1.54, 1.807) is 16.9 Å². The monoisotopic (exact) mass is 334 g/mol. The molecule has 0 radical (unpaired) electrons. The molecule has 0 atom stereocenters. The zero-order chi connectivity index (χ0) is 15.7. The van der Waals surface area contributed by atoms with Crippen LogP contribution in [-0.2, 0) is 13.1 Å². The molecule has 22 heavy (non-hydrogen) atoms. The molecular formula is C15H15ClN4OS. The van der Waals surface area contributed by atoms with Gasteiger partial charge in [0.25, 0.3) is 5.91 Å². The normalized spacial score (nSPS) is 12.2. The summed E-state index contributed by atoms with van der Waals surface area (Å²) in [6.45, 7) is 5.35. The summed E-state index contributed by atoms with van der Waals surface area (Å²) in [7, 11) is 0. The Bertz CT molecular complexity index is 906. The molecule has 0 spiro atoms. The standard InChI is InChI=1S/C15H15ClN4OS/c1-3-19-11-6-5-10(16)9-13(11)22-15(19)18-14(21)12-7-8-17-20(12)4-2/h5-9H,3-4H2,1-2H3. The molecule has 1 amide bonds. The van der Waals surface area contributed by atoms with Crippen LogP contribution in [0.1, 0.15) is 24.3 Å². The maximum Gasteiger partial charge on any atom is 0.297 e. The van der Waals surface area contributed by atoms with E-state index in [9.17, 15) is 4.79 Å². The summed E-state index contributed by atoms with van der Waals surface area (Å²) in [5, 5.41) is 4.79.